The first-order chi connectivity index (χ1) is 37.6. The minimum Gasteiger partial charge on any atom is -0.493 e. The van der Waals surface area contributed by atoms with E-state index in [9.17, 15) is 29.4 Å². The number of rotatable bonds is 25. The van der Waals surface area contributed by atoms with Gasteiger partial charge < -0.3 is 59.7 Å². The monoisotopic (exact) mass is 1100 g/mol. The van der Waals surface area contributed by atoms with Crippen molar-refractivity contribution < 1.29 is 48.3 Å². The Labute approximate surface area is 465 Å². The Balaban J connectivity index is 0.929. The zero-order chi connectivity index (χ0) is 55.1. The first-order valence-electron chi connectivity index (χ1n) is 27.3. The number of hydrogen-bond donors (Lipinski definition) is 5. The maximum Gasteiger partial charge on any atom is 0.260 e. The van der Waals surface area contributed by atoms with Crippen LogP contribution in [0.25, 0.3) is 0 Å². The number of nitrogens with zero attached hydrogens (tertiary/aromatic N) is 2. The molecule has 5 aromatic rings. The van der Waals surface area contributed by atoms with Crippen LogP contribution in [0.4, 0.5) is 28.4 Å². The van der Waals surface area contributed by atoms with E-state index in [1.165, 1.54) is 45.5 Å². The topological polar surface area (TPSA) is 188 Å². The summed E-state index contributed by atoms with van der Waals surface area (Å²) in [6.07, 6.45) is 9.07. The lowest BCUT2D eigenvalue weighted by molar-refractivity contribution is -0.117. The lowest BCUT2D eigenvalue weighted by atomic mass is 10.0. The first-order valence-corrected chi connectivity index (χ1v) is 29.6. The summed E-state index contributed by atoms with van der Waals surface area (Å²) in [5.74, 6) is 1.74. The second-order valence-electron chi connectivity index (χ2n) is 21.4. The smallest absolute Gasteiger partial charge is 0.260 e. The Hall–Kier alpha value is -6.40. The predicted molar refractivity (Wildman–Crippen MR) is 311 cm³/mol. The number of aliphatic hydroxyl groups is 2. The molecule has 2 unspecified atom stereocenters. The van der Waals surface area contributed by atoms with Gasteiger partial charge in [-0.3, -0.25) is 14.4 Å². The third-order valence-electron chi connectivity index (χ3n) is 14.9. The van der Waals surface area contributed by atoms with Gasteiger partial charge in [0.05, 0.1) is 48.8 Å². The zero-order valence-corrected chi connectivity index (χ0v) is 47.2. The number of carbonyl (C=O) groups excluding carboxylic acids is 4. The van der Waals surface area contributed by atoms with Gasteiger partial charge in [0.1, 0.15) is 31.5 Å². The van der Waals surface area contributed by atoms with E-state index in [-0.39, 0.29) is 41.5 Å². The number of ketones is 1. The number of fused-ring (bicyclic) bond motifs is 8. The highest BCUT2D eigenvalue weighted by Gasteiger charge is 2.44. The predicted octanol–water partition coefficient (Wildman–Crippen LogP) is 11.6. The number of carbonyl (C=O) groups is 4. The normalized spacial score (nSPS) is 18.0. The molecule has 15 nitrogen and oxygen atoms in total. The standard InChI is InChI=1S/C61H73N5O10S2/c1-7-8-9-10-11-17-38-21-22-49-42(26-38)30-51-58(70)64-47-34-55(53(74-6)32-45(47)60(72)66(49)51)76-36-40-25-39(27-43(28-40)62-56(68)20-14-23-61(3,4)78-77-24-15-16-37(2)67)35-75-54-33-46-44(31-52(54)73-5)59(71)65-48-19-13-12-18-41(48)29-50(65)57(69)63-46/h12-13,18-19,21-22,25-28,31-34,50-51,57-58,63-64,69-70H,7-11,14-17,20,23-24,29-30,35-36H2,1-6H3,(H,62,68)/t50-,51-,57?,58?/m0/s1. The molecule has 4 atom stereocenters. The molecule has 5 N–H and O–H groups in total. The fourth-order valence-electron chi connectivity index (χ4n) is 10.9. The molecule has 4 aliphatic heterocycles. The molecule has 0 aromatic heterocycles. The second-order valence-corrected chi connectivity index (χ2v) is 24.5. The van der Waals surface area contributed by atoms with Crippen LogP contribution >= 0.6 is 21.6 Å². The molecule has 78 heavy (non-hydrogen) atoms. The van der Waals surface area contributed by atoms with Gasteiger partial charge in [0.25, 0.3) is 11.8 Å². The summed E-state index contributed by atoms with van der Waals surface area (Å²) in [5.41, 5.74) is 8.22. The number of methoxy groups -OCH3 is 2. The lowest BCUT2D eigenvalue weighted by Gasteiger charge is -2.26. The van der Waals surface area contributed by atoms with E-state index in [0.29, 0.717) is 94.4 Å². The van der Waals surface area contributed by atoms with Crippen LogP contribution in [0.3, 0.4) is 0 Å². The molecule has 0 radical (unpaired) electrons. The van der Waals surface area contributed by atoms with Gasteiger partial charge in [-0.05, 0) is 136 Å². The van der Waals surface area contributed by atoms with Gasteiger partial charge >= 0.3 is 0 Å². The quantitative estimate of drug-likeness (QED) is 0.0274. The summed E-state index contributed by atoms with van der Waals surface area (Å²) in [6, 6.07) is 25.1. The van der Waals surface area contributed by atoms with Gasteiger partial charge in [0.2, 0.25) is 5.91 Å². The number of aryl methyl sites for hydroxylation is 1. The van der Waals surface area contributed by atoms with Crippen molar-refractivity contribution in [3.8, 4) is 23.0 Å². The molecule has 0 fully saturated rings. The number of unbranched alkanes of at least 4 members (excludes halogenated alkanes) is 4. The van der Waals surface area contributed by atoms with E-state index in [2.05, 4.69) is 48.9 Å². The molecule has 9 rings (SSSR count). The number of para-hydroxylation sites is 1. The minimum absolute atomic E-state index is 0.0211. The molecule has 4 aliphatic rings. The highest BCUT2D eigenvalue weighted by atomic mass is 33.1. The van der Waals surface area contributed by atoms with Crippen LogP contribution in [0.1, 0.15) is 140 Å². The summed E-state index contributed by atoms with van der Waals surface area (Å²) in [7, 11) is 6.56. The Morgan fingerprint density at radius 2 is 1.27 bits per heavy atom. The number of amides is 3. The molecule has 17 heteroatoms. The van der Waals surface area contributed by atoms with Crippen LogP contribution in [0.15, 0.2) is 84.9 Å². The number of anilines is 5. The summed E-state index contributed by atoms with van der Waals surface area (Å²) < 4.78 is 24.5. The summed E-state index contributed by atoms with van der Waals surface area (Å²) in [5, 5.41) is 32.5. The number of aliphatic hydroxyl groups excluding tert-OH is 2. The number of ether oxygens (including phenoxy) is 4. The van der Waals surface area contributed by atoms with Gasteiger partial charge in [-0.1, -0.05) is 84.5 Å². The molecular formula is C61H73N5O10S2. The van der Waals surface area contributed by atoms with Crippen LogP contribution in [-0.2, 0) is 42.1 Å². The number of hydrogen-bond acceptors (Lipinski definition) is 14. The summed E-state index contributed by atoms with van der Waals surface area (Å²) in [4.78, 5) is 57.0. The lowest BCUT2D eigenvalue weighted by Crippen LogP contribution is -2.45. The first kappa shape index (κ1) is 56.3. The molecule has 4 heterocycles. The van der Waals surface area contributed by atoms with E-state index in [0.717, 1.165) is 53.9 Å². The van der Waals surface area contributed by atoms with E-state index in [4.69, 9.17) is 18.9 Å². The van der Waals surface area contributed by atoms with Crippen LogP contribution in [0, 0.1) is 0 Å². The van der Waals surface area contributed by atoms with E-state index in [1.54, 1.807) is 62.6 Å². The van der Waals surface area contributed by atoms with Crippen LogP contribution in [0.2, 0.25) is 0 Å². The van der Waals surface area contributed by atoms with Gasteiger partial charge in [-0.15, -0.1) is 0 Å². The maximum absolute atomic E-state index is 14.5. The van der Waals surface area contributed by atoms with Gasteiger partial charge in [0, 0.05) is 52.5 Å². The van der Waals surface area contributed by atoms with Gasteiger partial charge in [-0.2, -0.15) is 0 Å². The summed E-state index contributed by atoms with van der Waals surface area (Å²) in [6.45, 7) is 8.22. The second kappa shape index (κ2) is 25.2. The molecule has 0 saturated heterocycles. The molecular weight excluding hydrogens is 1030 g/mol. The highest BCUT2D eigenvalue weighted by Crippen LogP contribution is 2.45. The van der Waals surface area contributed by atoms with Crippen molar-refractivity contribution in [3.63, 3.8) is 0 Å². The summed E-state index contributed by atoms with van der Waals surface area (Å²) >= 11 is 0. The largest absolute Gasteiger partial charge is 0.493 e. The van der Waals surface area contributed by atoms with Crippen molar-refractivity contribution in [3.05, 3.63) is 124 Å². The number of benzene rings is 5. The fourth-order valence-corrected chi connectivity index (χ4v) is 13.6. The average Bonchev–Trinajstić information content (AvgIpc) is 4.10. The maximum atomic E-state index is 14.5. The number of nitrogens with one attached hydrogen (secondary N) is 3. The zero-order valence-electron chi connectivity index (χ0n) is 45.6. The molecule has 0 aliphatic carbocycles. The van der Waals surface area contributed by atoms with Crippen LogP contribution in [0.5, 0.6) is 23.0 Å². The van der Waals surface area contributed by atoms with Crippen molar-refractivity contribution in [1.82, 2.24) is 0 Å². The SMILES string of the molecule is CCCCCCCc1ccc2c(c1)C[C@H]1C(O)Nc3cc(OCc4cc(COc5cc6c(cc5OC)C(=O)N5c7ccccc7C[C@H]5C(O)N6)cc(NC(=O)CCCC(C)(C)SSCCCC(C)=O)c4)c(OC)cc3C(=O)N21. The highest BCUT2D eigenvalue weighted by molar-refractivity contribution is 8.77. The Morgan fingerprint density at radius 1 is 0.679 bits per heavy atom. The van der Waals surface area contributed by atoms with E-state index in [1.807, 2.05) is 48.5 Å². The molecule has 5 aromatic carbocycles. The van der Waals surface area contributed by atoms with Gasteiger partial charge in [0.15, 0.2) is 23.0 Å². The van der Waals surface area contributed by atoms with E-state index >= 15 is 0 Å². The molecule has 0 spiro atoms. The molecule has 414 valence electrons. The third kappa shape index (κ3) is 13.0. The fraction of sp³-hybridized carbons (Fsp3) is 0.443. The van der Waals surface area contributed by atoms with Crippen molar-refractivity contribution >= 4 is 73.5 Å². The average molecular weight is 1100 g/mol. The Bertz CT molecular complexity index is 3020. The van der Waals surface area contributed by atoms with Gasteiger partial charge in [-0.25, -0.2) is 0 Å². The van der Waals surface area contributed by atoms with Crippen LogP contribution < -0.4 is 44.7 Å². The van der Waals surface area contributed by atoms with Crippen molar-refractivity contribution in [2.75, 3.05) is 45.7 Å². The Morgan fingerprint density at radius 3 is 1.87 bits per heavy atom. The van der Waals surface area contributed by atoms with Crippen molar-refractivity contribution in [2.24, 2.45) is 0 Å². The Kier molecular flexibility index (Phi) is 18.2. The third-order valence-corrected chi connectivity index (χ3v) is 18.4. The molecule has 0 bridgehead atoms. The minimum atomic E-state index is -1.06. The van der Waals surface area contributed by atoms with Crippen LogP contribution in [-0.4, -0.2) is 83.0 Å². The van der Waals surface area contributed by atoms with Crippen molar-refractivity contribution in [2.45, 2.75) is 154 Å². The number of Topliss-reactive ketones (excluding diaryl/α,β-unsaturated/α-hetero) is 1. The molecule has 3 amide bonds. The van der Waals surface area contributed by atoms with E-state index < -0.39 is 24.5 Å². The van der Waals surface area contributed by atoms with Crippen molar-refractivity contribution in [1.29, 1.82) is 0 Å². The molecule has 0 saturated carbocycles.